The standard InChI is InChI=1S/C29H36F4N2O5/c1-27(2)39-24-16-28(26(36)34-12-13-35(3)4,38-18-20-9-5-6-11-22(20)30)15-23(25(24)40-27)37-17-19-8-7-10-21(14-19)29(31,32)33/h5-11,14,23-25H,12-13,15-18H2,1-4H3,(H,34,36)/t23-,24+,25-,28+/m0/s1. The van der Waals surface area contributed by atoms with Crippen LogP contribution >= 0.6 is 0 Å². The molecule has 1 saturated heterocycles. The van der Waals surface area contributed by atoms with Gasteiger partial charge in [0, 0.05) is 31.5 Å². The van der Waals surface area contributed by atoms with Crippen LogP contribution < -0.4 is 5.32 Å². The molecule has 4 atom stereocenters. The first kappa shape index (κ1) is 30.4. The van der Waals surface area contributed by atoms with Crippen molar-refractivity contribution >= 4 is 5.91 Å². The Balaban J connectivity index is 1.60. The third kappa shape index (κ3) is 7.38. The molecule has 2 aliphatic rings. The Bertz CT molecular complexity index is 1180. The molecule has 0 radical (unpaired) electrons. The van der Waals surface area contributed by atoms with Crippen LogP contribution in [0.4, 0.5) is 17.6 Å². The zero-order valence-electron chi connectivity index (χ0n) is 23.1. The Morgan fingerprint density at radius 1 is 1.07 bits per heavy atom. The second kappa shape index (κ2) is 12.1. The fraction of sp³-hybridized carbons (Fsp3) is 0.552. The van der Waals surface area contributed by atoms with Crippen LogP contribution in [0.15, 0.2) is 48.5 Å². The van der Waals surface area contributed by atoms with Crippen LogP contribution in [-0.4, -0.2) is 67.7 Å². The van der Waals surface area contributed by atoms with E-state index in [0.717, 1.165) is 12.1 Å². The summed E-state index contributed by atoms with van der Waals surface area (Å²) in [5.74, 6) is -1.83. The van der Waals surface area contributed by atoms with E-state index < -0.39 is 53.2 Å². The number of halogens is 4. The summed E-state index contributed by atoms with van der Waals surface area (Å²) in [5.41, 5.74) is -1.63. The molecule has 11 heteroatoms. The predicted molar refractivity (Wildman–Crippen MR) is 139 cm³/mol. The molecule has 1 amide bonds. The molecule has 1 aliphatic carbocycles. The first-order chi connectivity index (χ1) is 18.8. The lowest BCUT2D eigenvalue weighted by Crippen LogP contribution is -2.60. The number of amides is 1. The molecule has 0 aromatic heterocycles. The summed E-state index contributed by atoms with van der Waals surface area (Å²) in [6.07, 6.45) is -6.26. The van der Waals surface area contributed by atoms with Gasteiger partial charge in [-0.3, -0.25) is 4.79 Å². The van der Waals surface area contributed by atoms with E-state index in [-0.39, 0.29) is 31.6 Å². The van der Waals surface area contributed by atoms with E-state index in [0.29, 0.717) is 18.7 Å². The molecule has 1 saturated carbocycles. The lowest BCUT2D eigenvalue weighted by Gasteiger charge is -2.43. The third-order valence-corrected chi connectivity index (χ3v) is 7.09. The van der Waals surface area contributed by atoms with Crippen LogP contribution in [0, 0.1) is 5.82 Å². The van der Waals surface area contributed by atoms with Gasteiger partial charge in [-0.1, -0.05) is 30.3 Å². The maximum atomic E-state index is 14.4. The minimum absolute atomic E-state index is 0.0365. The number of benzene rings is 2. The molecule has 0 spiro atoms. The number of likely N-dealkylation sites (N-methyl/N-ethyl adjacent to an activating group) is 1. The van der Waals surface area contributed by atoms with Crippen molar-refractivity contribution in [3.05, 3.63) is 71.0 Å². The number of hydrogen-bond acceptors (Lipinski definition) is 6. The summed E-state index contributed by atoms with van der Waals surface area (Å²) in [5, 5.41) is 2.92. The van der Waals surface area contributed by atoms with E-state index in [2.05, 4.69) is 5.32 Å². The summed E-state index contributed by atoms with van der Waals surface area (Å²) < 4.78 is 78.8. The van der Waals surface area contributed by atoms with E-state index in [1.807, 2.05) is 19.0 Å². The zero-order chi connectivity index (χ0) is 29.1. The van der Waals surface area contributed by atoms with Gasteiger partial charge in [-0.05, 0) is 51.7 Å². The van der Waals surface area contributed by atoms with Gasteiger partial charge < -0.3 is 29.2 Å². The van der Waals surface area contributed by atoms with Gasteiger partial charge in [0.15, 0.2) is 11.4 Å². The van der Waals surface area contributed by atoms with E-state index in [4.69, 9.17) is 18.9 Å². The monoisotopic (exact) mass is 568 g/mol. The van der Waals surface area contributed by atoms with Gasteiger partial charge in [0.2, 0.25) is 0 Å². The van der Waals surface area contributed by atoms with Crippen LogP contribution in [0.5, 0.6) is 0 Å². The van der Waals surface area contributed by atoms with Crippen LogP contribution in [0.3, 0.4) is 0 Å². The number of rotatable bonds is 10. The average molecular weight is 569 g/mol. The van der Waals surface area contributed by atoms with E-state index in [9.17, 15) is 22.4 Å². The Morgan fingerprint density at radius 2 is 1.82 bits per heavy atom. The number of ether oxygens (including phenoxy) is 4. The van der Waals surface area contributed by atoms with E-state index >= 15 is 0 Å². The Kier molecular flexibility index (Phi) is 9.21. The molecular formula is C29H36F4N2O5. The topological polar surface area (TPSA) is 69.3 Å². The van der Waals surface area contributed by atoms with Crippen molar-refractivity contribution in [2.24, 2.45) is 0 Å². The van der Waals surface area contributed by atoms with Crippen LogP contribution in [0.2, 0.25) is 0 Å². The molecular weight excluding hydrogens is 532 g/mol. The fourth-order valence-corrected chi connectivity index (χ4v) is 5.13. The van der Waals surface area contributed by atoms with Gasteiger partial charge in [0.25, 0.3) is 5.91 Å². The number of nitrogens with one attached hydrogen (secondary N) is 1. The van der Waals surface area contributed by atoms with Gasteiger partial charge in [-0.25, -0.2) is 4.39 Å². The van der Waals surface area contributed by atoms with E-state index in [1.54, 1.807) is 38.1 Å². The number of nitrogens with zero attached hydrogens (tertiary/aromatic N) is 1. The fourth-order valence-electron chi connectivity index (χ4n) is 5.13. The van der Waals surface area contributed by atoms with Gasteiger partial charge in [-0.15, -0.1) is 0 Å². The van der Waals surface area contributed by atoms with Crippen LogP contribution in [0.25, 0.3) is 0 Å². The SMILES string of the molecule is CN(C)CCNC(=O)[C@@]1(OCc2ccccc2F)C[C@H](OCc2cccc(C(F)(F)F)c2)[C@@H]2OC(C)(C)O[C@@H]2C1. The molecule has 1 aliphatic heterocycles. The highest BCUT2D eigenvalue weighted by molar-refractivity contribution is 5.85. The number of fused-ring (bicyclic) bond motifs is 1. The zero-order valence-corrected chi connectivity index (χ0v) is 23.1. The normalized spacial score (nSPS) is 26.1. The Hall–Kier alpha value is -2.57. The summed E-state index contributed by atoms with van der Waals surface area (Å²) >= 11 is 0. The first-order valence-electron chi connectivity index (χ1n) is 13.2. The van der Waals surface area contributed by atoms with Gasteiger partial charge in [0.1, 0.15) is 11.9 Å². The lowest BCUT2D eigenvalue weighted by molar-refractivity contribution is -0.183. The second-order valence-electron chi connectivity index (χ2n) is 11.0. The van der Waals surface area contributed by atoms with Crippen molar-refractivity contribution in [3.8, 4) is 0 Å². The highest BCUT2D eigenvalue weighted by atomic mass is 19.4. The molecule has 2 fully saturated rings. The molecule has 7 nitrogen and oxygen atoms in total. The molecule has 0 bridgehead atoms. The summed E-state index contributed by atoms with van der Waals surface area (Å²) in [7, 11) is 3.76. The number of hydrogen-bond donors (Lipinski definition) is 1. The predicted octanol–water partition coefficient (Wildman–Crippen LogP) is 4.68. The molecule has 2 aromatic rings. The van der Waals surface area contributed by atoms with Crippen molar-refractivity contribution in [1.29, 1.82) is 0 Å². The second-order valence-corrected chi connectivity index (χ2v) is 11.0. The molecule has 220 valence electrons. The number of alkyl halides is 3. The molecule has 4 rings (SSSR count). The van der Waals surface area contributed by atoms with Crippen LogP contribution in [0.1, 0.15) is 43.4 Å². The quantitative estimate of drug-likeness (QED) is 0.420. The summed E-state index contributed by atoms with van der Waals surface area (Å²) in [4.78, 5) is 15.6. The number of carbonyl (C=O) groups excluding carboxylic acids is 1. The molecule has 1 heterocycles. The Labute approximate surface area is 231 Å². The van der Waals surface area contributed by atoms with Crippen LogP contribution in [-0.2, 0) is 43.1 Å². The molecule has 0 unspecified atom stereocenters. The Morgan fingerprint density at radius 3 is 2.52 bits per heavy atom. The lowest BCUT2D eigenvalue weighted by atomic mass is 9.78. The molecule has 2 aromatic carbocycles. The van der Waals surface area contributed by atoms with Crippen molar-refractivity contribution in [2.75, 3.05) is 27.2 Å². The average Bonchev–Trinajstić information content (AvgIpc) is 3.19. The largest absolute Gasteiger partial charge is 0.416 e. The van der Waals surface area contributed by atoms with Crippen molar-refractivity contribution < 1.29 is 41.3 Å². The minimum atomic E-state index is -4.49. The summed E-state index contributed by atoms with van der Waals surface area (Å²) in [6, 6.07) is 11.0. The van der Waals surface area contributed by atoms with E-state index in [1.165, 1.54) is 12.1 Å². The first-order valence-corrected chi connectivity index (χ1v) is 13.2. The number of carbonyl (C=O) groups is 1. The smallest absolute Gasteiger partial charge is 0.371 e. The summed E-state index contributed by atoms with van der Waals surface area (Å²) in [6.45, 7) is 4.11. The van der Waals surface area contributed by atoms with Gasteiger partial charge >= 0.3 is 6.18 Å². The van der Waals surface area contributed by atoms with Gasteiger partial charge in [0.05, 0.1) is 31.0 Å². The van der Waals surface area contributed by atoms with Crippen molar-refractivity contribution in [1.82, 2.24) is 10.2 Å². The minimum Gasteiger partial charge on any atom is -0.371 e. The van der Waals surface area contributed by atoms with Crippen molar-refractivity contribution in [2.45, 2.75) is 75.8 Å². The maximum Gasteiger partial charge on any atom is 0.416 e. The third-order valence-electron chi connectivity index (χ3n) is 7.09. The van der Waals surface area contributed by atoms with Gasteiger partial charge in [-0.2, -0.15) is 13.2 Å². The highest BCUT2D eigenvalue weighted by Crippen LogP contribution is 2.44. The van der Waals surface area contributed by atoms with Crippen molar-refractivity contribution in [3.63, 3.8) is 0 Å². The molecule has 1 N–H and O–H groups in total. The highest BCUT2D eigenvalue weighted by Gasteiger charge is 2.58. The maximum absolute atomic E-state index is 14.4. The molecule has 40 heavy (non-hydrogen) atoms.